The first-order valence-electron chi connectivity index (χ1n) is 12.0. The molecule has 0 radical (unpaired) electrons. The highest BCUT2D eigenvalue weighted by atomic mass is 16.5. The van der Waals surface area contributed by atoms with E-state index in [4.69, 9.17) is 4.74 Å². The molecule has 0 bridgehead atoms. The molecule has 0 N–H and O–H groups in total. The molecule has 2 heterocycles. The average molecular weight is 454 g/mol. The van der Waals surface area contributed by atoms with E-state index in [1.807, 2.05) is 0 Å². The van der Waals surface area contributed by atoms with Crippen LogP contribution in [0.15, 0.2) is 24.3 Å². The Hall–Kier alpha value is -2.90. The normalized spacial score (nSPS) is 28.9. The summed E-state index contributed by atoms with van der Waals surface area (Å²) in [5.74, 6) is -0.737. The molecule has 1 aromatic carbocycles. The molecule has 8 heteroatoms. The van der Waals surface area contributed by atoms with Gasteiger partial charge in [0.15, 0.2) is 6.61 Å². The van der Waals surface area contributed by atoms with E-state index < -0.39 is 11.6 Å². The minimum Gasteiger partial charge on any atom is -0.452 e. The number of ether oxygens (including phenoxy) is 1. The first-order valence-corrected chi connectivity index (χ1v) is 12.0. The van der Waals surface area contributed by atoms with Gasteiger partial charge in [0, 0.05) is 32.0 Å². The first-order chi connectivity index (χ1) is 15.8. The summed E-state index contributed by atoms with van der Waals surface area (Å²) in [6, 6.07) is 6.96. The molecule has 0 aromatic heterocycles. The molecule has 0 spiro atoms. The second-order valence-electron chi connectivity index (χ2n) is 9.96. The molecule has 4 aliphatic rings. The fraction of sp³-hybridized carbons (Fsp3) is 0.600. The number of para-hydroxylation sites is 1. The summed E-state index contributed by atoms with van der Waals surface area (Å²) < 4.78 is 5.58. The molecule has 2 aliphatic carbocycles. The molecular formula is C25H31N3O5. The van der Waals surface area contributed by atoms with Crippen LogP contribution in [0.2, 0.25) is 0 Å². The van der Waals surface area contributed by atoms with Crippen LogP contribution in [0.3, 0.4) is 0 Å². The summed E-state index contributed by atoms with van der Waals surface area (Å²) in [5.41, 5.74) is -0.646. The number of hydrogen-bond acceptors (Lipinski definition) is 5. The van der Waals surface area contributed by atoms with Crippen molar-refractivity contribution in [3.8, 4) is 0 Å². The molecule has 2 saturated carbocycles. The summed E-state index contributed by atoms with van der Waals surface area (Å²) in [7, 11) is 1.76. The van der Waals surface area contributed by atoms with Crippen molar-refractivity contribution in [2.75, 3.05) is 18.6 Å². The lowest BCUT2D eigenvalue weighted by Gasteiger charge is -2.48. The van der Waals surface area contributed by atoms with E-state index in [-0.39, 0.29) is 49.3 Å². The van der Waals surface area contributed by atoms with Gasteiger partial charge in [-0.05, 0) is 56.6 Å². The Morgan fingerprint density at radius 2 is 1.79 bits per heavy atom. The lowest BCUT2D eigenvalue weighted by Crippen LogP contribution is -2.69. The number of amides is 3. The van der Waals surface area contributed by atoms with Gasteiger partial charge in [-0.1, -0.05) is 19.1 Å². The Morgan fingerprint density at radius 3 is 2.48 bits per heavy atom. The Balaban J connectivity index is 1.38. The number of benzene rings is 1. The molecular weight excluding hydrogens is 422 g/mol. The number of fused-ring (bicyclic) bond motifs is 3. The Morgan fingerprint density at radius 1 is 1.09 bits per heavy atom. The van der Waals surface area contributed by atoms with Crippen LogP contribution >= 0.6 is 0 Å². The standard InChI is InChI=1S/C25H31N3O5/c1-16-7-9-17(10-8-16)26(2)22(30)15-33-24(32)25-14-13-21(29)28(25)20-6-4-3-5-19(20)23(31)27(25)18-11-12-18/h3-6,16-18H,7-15H2,1-2H3. The van der Waals surface area contributed by atoms with E-state index in [9.17, 15) is 19.2 Å². The van der Waals surface area contributed by atoms with E-state index in [0.29, 0.717) is 17.2 Å². The van der Waals surface area contributed by atoms with Crippen molar-refractivity contribution in [1.82, 2.24) is 9.80 Å². The fourth-order valence-electron chi connectivity index (χ4n) is 5.69. The fourth-order valence-corrected chi connectivity index (χ4v) is 5.69. The van der Waals surface area contributed by atoms with Crippen LogP contribution < -0.4 is 4.90 Å². The van der Waals surface area contributed by atoms with Gasteiger partial charge in [-0.15, -0.1) is 0 Å². The SMILES string of the molecule is CC1CCC(N(C)C(=O)COC(=O)C23CCC(=O)N2c2ccccc2C(=O)N3C2CC2)CC1. The van der Waals surface area contributed by atoms with Gasteiger partial charge in [0.1, 0.15) is 0 Å². The quantitative estimate of drug-likeness (QED) is 0.640. The largest absolute Gasteiger partial charge is 0.452 e. The van der Waals surface area contributed by atoms with Crippen LogP contribution in [0, 0.1) is 5.92 Å². The second-order valence-corrected chi connectivity index (χ2v) is 9.96. The summed E-state index contributed by atoms with van der Waals surface area (Å²) in [5, 5.41) is 0. The third-order valence-electron chi connectivity index (χ3n) is 7.79. The van der Waals surface area contributed by atoms with Crippen molar-refractivity contribution in [1.29, 1.82) is 0 Å². The number of esters is 1. The van der Waals surface area contributed by atoms with E-state index >= 15 is 0 Å². The van der Waals surface area contributed by atoms with Gasteiger partial charge in [0.25, 0.3) is 11.8 Å². The Kier molecular flexibility index (Phi) is 5.41. The molecule has 1 aromatic rings. The number of likely N-dealkylation sites (N-methyl/N-ethyl adjacent to an activating group) is 1. The zero-order chi connectivity index (χ0) is 23.3. The molecule has 8 nitrogen and oxygen atoms in total. The molecule has 1 saturated heterocycles. The van der Waals surface area contributed by atoms with E-state index in [1.54, 1.807) is 41.1 Å². The summed E-state index contributed by atoms with van der Waals surface area (Å²) in [6.07, 6.45) is 5.95. The van der Waals surface area contributed by atoms with E-state index in [1.165, 1.54) is 4.90 Å². The van der Waals surface area contributed by atoms with Crippen molar-refractivity contribution in [3.05, 3.63) is 29.8 Å². The summed E-state index contributed by atoms with van der Waals surface area (Å²) in [4.78, 5) is 57.5. The molecule has 2 aliphatic heterocycles. The molecule has 1 unspecified atom stereocenters. The highest BCUT2D eigenvalue weighted by Crippen LogP contribution is 2.49. The van der Waals surface area contributed by atoms with Crippen LogP contribution in [0.5, 0.6) is 0 Å². The minimum atomic E-state index is -1.51. The maximum Gasteiger partial charge on any atom is 0.354 e. The number of carbonyl (C=O) groups is 4. The van der Waals surface area contributed by atoms with Crippen LogP contribution in [0.4, 0.5) is 5.69 Å². The highest BCUT2D eigenvalue weighted by molar-refractivity contribution is 6.15. The third kappa shape index (κ3) is 3.50. The molecule has 1 atom stereocenters. The maximum atomic E-state index is 13.6. The predicted molar refractivity (Wildman–Crippen MR) is 120 cm³/mol. The monoisotopic (exact) mass is 453 g/mol. The topological polar surface area (TPSA) is 87.2 Å². The van der Waals surface area contributed by atoms with Crippen LogP contribution in [0.25, 0.3) is 0 Å². The first kappa shape index (κ1) is 21.9. The lowest BCUT2D eigenvalue weighted by atomic mass is 9.87. The number of carbonyl (C=O) groups excluding carboxylic acids is 4. The Bertz CT molecular complexity index is 998. The minimum absolute atomic E-state index is 0.102. The molecule has 176 valence electrons. The van der Waals surface area contributed by atoms with Crippen LogP contribution in [-0.2, 0) is 19.1 Å². The summed E-state index contributed by atoms with van der Waals surface area (Å²) >= 11 is 0. The third-order valence-corrected chi connectivity index (χ3v) is 7.79. The van der Waals surface area contributed by atoms with Crippen molar-refractivity contribution in [2.24, 2.45) is 5.92 Å². The summed E-state index contributed by atoms with van der Waals surface area (Å²) in [6.45, 7) is 1.84. The zero-order valence-corrected chi connectivity index (χ0v) is 19.3. The zero-order valence-electron chi connectivity index (χ0n) is 19.3. The van der Waals surface area contributed by atoms with Gasteiger partial charge in [-0.3, -0.25) is 19.3 Å². The van der Waals surface area contributed by atoms with Crippen molar-refractivity contribution in [2.45, 2.75) is 76.0 Å². The van der Waals surface area contributed by atoms with Gasteiger partial charge in [0.2, 0.25) is 11.6 Å². The van der Waals surface area contributed by atoms with Gasteiger partial charge in [0.05, 0.1) is 11.3 Å². The number of rotatable bonds is 5. The van der Waals surface area contributed by atoms with Gasteiger partial charge in [-0.25, -0.2) is 4.79 Å². The van der Waals surface area contributed by atoms with Crippen LogP contribution in [0.1, 0.15) is 68.6 Å². The van der Waals surface area contributed by atoms with Gasteiger partial charge in [-0.2, -0.15) is 0 Å². The predicted octanol–water partition coefficient (Wildman–Crippen LogP) is 2.71. The van der Waals surface area contributed by atoms with E-state index in [0.717, 1.165) is 38.5 Å². The van der Waals surface area contributed by atoms with E-state index in [2.05, 4.69) is 6.92 Å². The average Bonchev–Trinajstić information content (AvgIpc) is 3.59. The number of anilines is 1. The second kappa shape index (κ2) is 8.15. The smallest absolute Gasteiger partial charge is 0.354 e. The highest BCUT2D eigenvalue weighted by Gasteiger charge is 2.64. The number of nitrogens with zero attached hydrogens (tertiary/aromatic N) is 3. The van der Waals surface area contributed by atoms with Crippen molar-refractivity contribution < 1.29 is 23.9 Å². The van der Waals surface area contributed by atoms with Crippen molar-refractivity contribution >= 4 is 29.4 Å². The number of hydrogen-bond donors (Lipinski definition) is 0. The Labute approximate surface area is 193 Å². The van der Waals surface area contributed by atoms with Crippen molar-refractivity contribution in [3.63, 3.8) is 0 Å². The maximum absolute atomic E-state index is 13.6. The lowest BCUT2D eigenvalue weighted by molar-refractivity contribution is -0.162. The van der Waals surface area contributed by atoms with Gasteiger partial charge >= 0.3 is 5.97 Å². The van der Waals surface area contributed by atoms with Crippen LogP contribution in [-0.4, -0.2) is 64.9 Å². The molecule has 3 fully saturated rings. The van der Waals surface area contributed by atoms with Gasteiger partial charge < -0.3 is 14.5 Å². The molecule has 5 rings (SSSR count). The molecule has 3 amide bonds. The molecule has 33 heavy (non-hydrogen) atoms.